The van der Waals surface area contributed by atoms with Gasteiger partial charge in [0.1, 0.15) is 5.82 Å². The van der Waals surface area contributed by atoms with Crippen molar-refractivity contribution in [2.45, 2.75) is 32.4 Å². The Morgan fingerprint density at radius 3 is 2.62 bits per heavy atom. The first kappa shape index (κ1) is 20.2. The monoisotopic (exact) mass is 426 g/mol. The fourth-order valence-corrected chi connectivity index (χ4v) is 4.45. The van der Waals surface area contributed by atoms with E-state index in [0.717, 1.165) is 36.3 Å². The molecule has 3 aromatic heterocycles. The molecule has 0 N–H and O–H groups in total. The van der Waals surface area contributed by atoms with E-state index in [9.17, 15) is 4.79 Å². The highest BCUT2D eigenvalue weighted by molar-refractivity contribution is 5.99. The molecule has 1 aliphatic heterocycles. The van der Waals surface area contributed by atoms with Gasteiger partial charge in [-0.3, -0.25) is 4.79 Å². The molecule has 7 nitrogen and oxygen atoms in total. The van der Waals surface area contributed by atoms with Crippen LogP contribution in [0.2, 0.25) is 0 Å². The van der Waals surface area contributed by atoms with Gasteiger partial charge in [0.15, 0.2) is 5.69 Å². The van der Waals surface area contributed by atoms with Crippen molar-refractivity contribution in [2.24, 2.45) is 0 Å². The minimum absolute atomic E-state index is 0.0260. The van der Waals surface area contributed by atoms with Crippen LogP contribution in [-0.2, 0) is 6.54 Å². The quantitative estimate of drug-likeness (QED) is 0.464. The molecule has 1 amide bonds. The molecule has 1 atom stereocenters. The number of fused-ring (bicyclic) bond motifs is 1. The summed E-state index contributed by atoms with van der Waals surface area (Å²) in [4.78, 5) is 31.5. The van der Waals surface area contributed by atoms with E-state index >= 15 is 0 Å². The van der Waals surface area contributed by atoms with Crippen LogP contribution in [0.5, 0.6) is 0 Å². The highest BCUT2D eigenvalue weighted by Gasteiger charge is 2.33. The maximum atomic E-state index is 13.6. The highest BCUT2D eigenvalue weighted by Crippen LogP contribution is 2.34. The molecule has 4 aromatic rings. The third-order valence-electron chi connectivity index (χ3n) is 6.02. The summed E-state index contributed by atoms with van der Waals surface area (Å²) >= 11 is 0. The molecular weight excluding hydrogens is 400 g/mol. The van der Waals surface area contributed by atoms with Gasteiger partial charge in [-0.05, 0) is 43.5 Å². The lowest BCUT2D eigenvalue weighted by Gasteiger charge is -2.23. The lowest BCUT2D eigenvalue weighted by molar-refractivity contribution is 0.0749. The number of pyridine rings is 1. The smallest absolute Gasteiger partial charge is 0.275 e. The van der Waals surface area contributed by atoms with Crippen LogP contribution in [-0.4, -0.2) is 43.2 Å². The largest absolute Gasteiger partial charge is 0.333 e. The van der Waals surface area contributed by atoms with E-state index in [1.54, 1.807) is 12.4 Å². The number of carbonyl (C=O) groups excluding carboxylic acids is 1. The van der Waals surface area contributed by atoms with E-state index in [1.165, 1.54) is 0 Å². The zero-order valence-corrected chi connectivity index (χ0v) is 18.1. The zero-order chi connectivity index (χ0) is 21.9. The van der Waals surface area contributed by atoms with E-state index in [4.69, 9.17) is 4.98 Å². The van der Waals surface area contributed by atoms with Crippen molar-refractivity contribution in [1.29, 1.82) is 0 Å². The van der Waals surface area contributed by atoms with Gasteiger partial charge < -0.3 is 14.2 Å². The average molecular weight is 427 g/mol. The molecule has 5 rings (SSSR count). The predicted molar refractivity (Wildman–Crippen MR) is 123 cm³/mol. The zero-order valence-electron chi connectivity index (χ0n) is 18.1. The molecule has 4 heterocycles. The van der Waals surface area contributed by atoms with Gasteiger partial charge in [0.2, 0.25) is 5.95 Å². The maximum absolute atomic E-state index is 13.6. The Labute approximate surface area is 187 Å². The Morgan fingerprint density at radius 1 is 1.06 bits per heavy atom. The van der Waals surface area contributed by atoms with E-state index in [1.807, 2.05) is 72.6 Å². The summed E-state index contributed by atoms with van der Waals surface area (Å²) in [7, 11) is 0. The second-order valence-electron chi connectivity index (χ2n) is 7.98. The molecule has 7 heteroatoms. The van der Waals surface area contributed by atoms with Gasteiger partial charge in [-0.25, -0.2) is 15.0 Å². The van der Waals surface area contributed by atoms with Gasteiger partial charge >= 0.3 is 0 Å². The number of rotatable bonds is 6. The van der Waals surface area contributed by atoms with Crippen LogP contribution < -0.4 is 4.90 Å². The van der Waals surface area contributed by atoms with Crippen LogP contribution in [0, 0.1) is 0 Å². The number of imidazole rings is 1. The number of amides is 1. The van der Waals surface area contributed by atoms with E-state index in [-0.39, 0.29) is 11.9 Å². The molecule has 1 fully saturated rings. The standard InChI is InChI=1S/C25H26N6O/c1-2-29(18-19-10-4-3-5-11-19)24(32)22-20-12-6-7-16-30(20)23(28-22)21-13-8-17-31(21)25-26-14-9-15-27-25/h3-7,9-12,14-16,21H,2,8,13,17-18H2,1H3/t21-/m0/s1. The minimum Gasteiger partial charge on any atom is -0.333 e. The van der Waals surface area contributed by atoms with Crippen LogP contribution >= 0.6 is 0 Å². The number of carbonyl (C=O) groups is 1. The van der Waals surface area contributed by atoms with E-state index < -0.39 is 0 Å². The van der Waals surface area contributed by atoms with Crippen molar-refractivity contribution in [1.82, 2.24) is 24.3 Å². The topological polar surface area (TPSA) is 66.6 Å². The van der Waals surface area contributed by atoms with Crippen molar-refractivity contribution in [3.05, 3.63) is 90.3 Å². The Kier molecular flexibility index (Phi) is 5.54. The van der Waals surface area contributed by atoms with Crippen molar-refractivity contribution in [3.63, 3.8) is 0 Å². The normalized spacial score (nSPS) is 15.9. The first-order valence-electron chi connectivity index (χ1n) is 11.1. The third kappa shape index (κ3) is 3.70. The van der Waals surface area contributed by atoms with Crippen molar-refractivity contribution in [2.75, 3.05) is 18.0 Å². The summed E-state index contributed by atoms with van der Waals surface area (Å²) in [5.41, 5.74) is 2.44. The Bertz CT molecular complexity index is 1210. The van der Waals surface area contributed by atoms with Gasteiger partial charge in [0, 0.05) is 38.2 Å². The summed E-state index contributed by atoms with van der Waals surface area (Å²) in [6.07, 6.45) is 7.49. The Morgan fingerprint density at radius 2 is 1.84 bits per heavy atom. The molecule has 0 saturated carbocycles. The van der Waals surface area contributed by atoms with Crippen LogP contribution in [0.4, 0.5) is 5.95 Å². The number of hydrogen-bond donors (Lipinski definition) is 0. The molecule has 1 aromatic carbocycles. The molecule has 0 unspecified atom stereocenters. The van der Waals surface area contributed by atoms with Crippen LogP contribution in [0.1, 0.15) is 47.7 Å². The van der Waals surface area contributed by atoms with Gasteiger partial charge in [-0.2, -0.15) is 0 Å². The van der Waals surface area contributed by atoms with Crippen molar-refractivity contribution < 1.29 is 4.79 Å². The third-order valence-corrected chi connectivity index (χ3v) is 6.02. The second kappa shape index (κ2) is 8.78. The van der Waals surface area contributed by atoms with Crippen LogP contribution in [0.3, 0.4) is 0 Å². The molecule has 162 valence electrons. The first-order chi connectivity index (χ1) is 15.8. The summed E-state index contributed by atoms with van der Waals surface area (Å²) in [5.74, 6) is 1.52. The van der Waals surface area contributed by atoms with Gasteiger partial charge in [0.25, 0.3) is 5.91 Å². The van der Waals surface area contributed by atoms with Crippen molar-refractivity contribution >= 4 is 17.4 Å². The SMILES string of the molecule is CCN(Cc1ccccc1)C(=O)c1nc([C@@H]2CCCN2c2ncccn2)n2ccccc12. The minimum atomic E-state index is -0.0492. The number of hydrogen-bond acceptors (Lipinski definition) is 5. The van der Waals surface area contributed by atoms with E-state index in [0.29, 0.717) is 24.7 Å². The lowest BCUT2D eigenvalue weighted by Crippen LogP contribution is -2.31. The second-order valence-corrected chi connectivity index (χ2v) is 7.98. The number of nitrogens with zero attached hydrogens (tertiary/aromatic N) is 6. The molecule has 0 bridgehead atoms. The summed E-state index contributed by atoms with van der Waals surface area (Å²) in [6, 6.07) is 17.8. The number of aromatic nitrogens is 4. The number of anilines is 1. The molecular formula is C25H26N6O. The van der Waals surface area contributed by atoms with Gasteiger partial charge in [0.05, 0.1) is 11.6 Å². The molecule has 0 radical (unpaired) electrons. The van der Waals surface area contributed by atoms with Gasteiger partial charge in [-0.15, -0.1) is 0 Å². The fourth-order valence-electron chi connectivity index (χ4n) is 4.45. The first-order valence-corrected chi connectivity index (χ1v) is 11.1. The summed E-state index contributed by atoms with van der Waals surface area (Å²) in [5, 5.41) is 0. The lowest BCUT2D eigenvalue weighted by atomic mass is 10.2. The predicted octanol–water partition coefficient (Wildman–Crippen LogP) is 4.13. The van der Waals surface area contributed by atoms with Crippen LogP contribution in [0.15, 0.2) is 73.2 Å². The molecule has 0 spiro atoms. The van der Waals surface area contributed by atoms with E-state index in [2.05, 4.69) is 19.3 Å². The van der Waals surface area contributed by atoms with Crippen molar-refractivity contribution in [3.8, 4) is 0 Å². The van der Waals surface area contributed by atoms with Crippen LogP contribution in [0.25, 0.3) is 5.52 Å². The highest BCUT2D eigenvalue weighted by atomic mass is 16.2. The molecule has 0 aliphatic carbocycles. The summed E-state index contributed by atoms with van der Waals surface area (Å²) in [6.45, 7) is 4.05. The summed E-state index contributed by atoms with van der Waals surface area (Å²) < 4.78 is 2.05. The maximum Gasteiger partial charge on any atom is 0.275 e. The fraction of sp³-hybridized carbons (Fsp3) is 0.280. The molecule has 1 aliphatic rings. The molecule has 1 saturated heterocycles. The average Bonchev–Trinajstić information content (AvgIpc) is 3.48. The molecule has 32 heavy (non-hydrogen) atoms. The Hall–Kier alpha value is -3.74. The van der Waals surface area contributed by atoms with Gasteiger partial charge in [-0.1, -0.05) is 36.4 Å². The Balaban J connectivity index is 1.52. The number of benzene rings is 1.